The first kappa shape index (κ1) is 13.1. The summed E-state index contributed by atoms with van der Waals surface area (Å²) in [5.41, 5.74) is 1.17. The van der Waals surface area contributed by atoms with Gasteiger partial charge in [-0.3, -0.25) is 0 Å². The summed E-state index contributed by atoms with van der Waals surface area (Å²) >= 11 is 0. The third-order valence-electron chi connectivity index (χ3n) is 3.81. The molecule has 4 heteroatoms. The lowest BCUT2D eigenvalue weighted by atomic mass is 9.93. The van der Waals surface area contributed by atoms with Crippen molar-refractivity contribution in [3.05, 3.63) is 11.9 Å². The van der Waals surface area contributed by atoms with Crippen LogP contribution in [0.5, 0.6) is 0 Å². The largest absolute Gasteiger partial charge is 0.370 e. The first-order valence-corrected chi connectivity index (χ1v) is 6.95. The molecule has 0 radical (unpaired) electrons. The van der Waals surface area contributed by atoms with Gasteiger partial charge < -0.3 is 10.2 Å². The molecule has 1 aliphatic rings. The molecule has 1 fully saturated rings. The third kappa shape index (κ3) is 2.57. The molecule has 0 amide bonds. The number of hydrogen-bond donors (Lipinski definition) is 1. The summed E-state index contributed by atoms with van der Waals surface area (Å²) in [7, 11) is 0. The van der Waals surface area contributed by atoms with Crippen LogP contribution in [0.1, 0.15) is 39.2 Å². The Labute approximate surface area is 110 Å². The molecule has 0 aliphatic carbocycles. The van der Waals surface area contributed by atoms with Gasteiger partial charge in [0.05, 0.1) is 0 Å². The molecule has 1 aliphatic heterocycles. The first-order chi connectivity index (χ1) is 8.63. The first-order valence-electron chi connectivity index (χ1n) is 6.95. The second-order valence-corrected chi connectivity index (χ2v) is 5.37. The second-order valence-electron chi connectivity index (χ2n) is 5.37. The molecule has 0 saturated carbocycles. The smallest absolute Gasteiger partial charge is 0.137 e. The van der Waals surface area contributed by atoms with E-state index in [9.17, 15) is 0 Å². The van der Waals surface area contributed by atoms with Crippen LogP contribution in [-0.4, -0.2) is 29.1 Å². The number of nitrogens with zero attached hydrogens (tertiary/aromatic N) is 3. The van der Waals surface area contributed by atoms with Crippen molar-refractivity contribution >= 4 is 11.6 Å². The lowest BCUT2D eigenvalue weighted by molar-refractivity contribution is 0.375. The van der Waals surface area contributed by atoms with E-state index in [1.54, 1.807) is 6.33 Å². The van der Waals surface area contributed by atoms with Gasteiger partial charge in [0.25, 0.3) is 0 Å². The van der Waals surface area contributed by atoms with Gasteiger partial charge in [-0.2, -0.15) is 0 Å². The summed E-state index contributed by atoms with van der Waals surface area (Å²) in [5.74, 6) is 2.89. The summed E-state index contributed by atoms with van der Waals surface area (Å²) < 4.78 is 0. The summed E-state index contributed by atoms with van der Waals surface area (Å²) in [6.45, 7) is 10.8. The van der Waals surface area contributed by atoms with Crippen LogP contribution in [0.2, 0.25) is 0 Å². The highest BCUT2D eigenvalue weighted by Crippen LogP contribution is 2.30. The molecule has 4 nitrogen and oxygen atoms in total. The fourth-order valence-corrected chi connectivity index (χ4v) is 2.80. The van der Waals surface area contributed by atoms with Gasteiger partial charge in [0.2, 0.25) is 0 Å². The van der Waals surface area contributed by atoms with E-state index in [2.05, 4.69) is 47.9 Å². The Bertz CT molecular complexity index is 405. The molecule has 1 aromatic heterocycles. The van der Waals surface area contributed by atoms with Crippen LogP contribution in [0.15, 0.2) is 6.33 Å². The molecule has 1 aromatic rings. The number of aromatic nitrogens is 2. The minimum atomic E-state index is 0.567. The topological polar surface area (TPSA) is 41.1 Å². The van der Waals surface area contributed by atoms with E-state index < -0.39 is 0 Å². The van der Waals surface area contributed by atoms with E-state index in [0.29, 0.717) is 6.04 Å². The van der Waals surface area contributed by atoms with Crippen LogP contribution in [0.3, 0.4) is 0 Å². The zero-order valence-corrected chi connectivity index (χ0v) is 11.9. The van der Waals surface area contributed by atoms with Crippen molar-refractivity contribution in [1.29, 1.82) is 0 Å². The SMILES string of the molecule is CCNc1ncnc(N2CCC(C)CC2C)c1C. The number of hydrogen-bond acceptors (Lipinski definition) is 4. The number of piperidine rings is 1. The van der Waals surface area contributed by atoms with E-state index in [4.69, 9.17) is 0 Å². The van der Waals surface area contributed by atoms with Crippen LogP contribution in [0, 0.1) is 12.8 Å². The highest BCUT2D eigenvalue weighted by atomic mass is 15.2. The van der Waals surface area contributed by atoms with Crippen LogP contribution in [-0.2, 0) is 0 Å². The Morgan fingerprint density at radius 3 is 2.83 bits per heavy atom. The van der Waals surface area contributed by atoms with E-state index in [1.807, 2.05) is 0 Å². The lowest BCUT2D eigenvalue weighted by Gasteiger charge is -2.38. The molecular formula is C14H24N4. The van der Waals surface area contributed by atoms with Crippen LogP contribution in [0.4, 0.5) is 11.6 Å². The Hall–Kier alpha value is -1.32. The molecule has 1 N–H and O–H groups in total. The quantitative estimate of drug-likeness (QED) is 0.893. The highest BCUT2D eigenvalue weighted by molar-refractivity contribution is 5.58. The molecule has 2 unspecified atom stereocenters. The molecule has 2 heterocycles. The van der Waals surface area contributed by atoms with Gasteiger partial charge in [0.15, 0.2) is 0 Å². The number of nitrogens with one attached hydrogen (secondary N) is 1. The maximum absolute atomic E-state index is 4.50. The maximum Gasteiger partial charge on any atom is 0.137 e. The predicted octanol–water partition coefficient (Wildman–Crippen LogP) is 2.84. The van der Waals surface area contributed by atoms with Crippen molar-refractivity contribution in [2.75, 3.05) is 23.3 Å². The third-order valence-corrected chi connectivity index (χ3v) is 3.81. The summed E-state index contributed by atoms with van der Waals surface area (Å²) in [4.78, 5) is 11.2. The molecule has 1 saturated heterocycles. The predicted molar refractivity (Wildman–Crippen MR) is 76.1 cm³/mol. The number of anilines is 2. The molecule has 2 rings (SSSR count). The van der Waals surface area contributed by atoms with E-state index >= 15 is 0 Å². The average Bonchev–Trinajstić information content (AvgIpc) is 2.33. The average molecular weight is 248 g/mol. The summed E-state index contributed by atoms with van der Waals surface area (Å²) in [5, 5.41) is 3.30. The Kier molecular flexibility index (Phi) is 4.04. The van der Waals surface area contributed by atoms with Crippen molar-refractivity contribution in [1.82, 2.24) is 9.97 Å². The van der Waals surface area contributed by atoms with Crippen LogP contribution < -0.4 is 10.2 Å². The van der Waals surface area contributed by atoms with Crippen molar-refractivity contribution < 1.29 is 0 Å². The fourth-order valence-electron chi connectivity index (χ4n) is 2.80. The molecule has 18 heavy (non-hydrogen) atoms. The summed E-state index contributed by atoms with van der Waals surface area (Å²) in [6.07, 6.45) is 4.18. The highest BCUT2D eigenvalue weighted by Gasteiger charge is 2.25. The lowest BCUT2D eigenvalue weighted by Crippen LogP contribution is -2.41. The minimum absolute atomic E-state index is 0.567. The van der Waals surface area contributed by atoms with Crippen LogP contribution >= 0.6 is 0 Å². The van der Waals surface area contributed by atoms with Gasteiger partial charge in [0.1, 0.15) is 18.0 Å². The summed E-state index contributed by atoms with van der Waals surface area (Å²) in [6, 6.07) is 0.567. The zero-order valence-electron chi connectivity index (χ0n) is 11.9. The van der Waals surface area contributed by atoms with Crippen molar-refractivity contribution in [3.63, 3.8) is 0 Å². The molecular weight excluding hydrogens is 224 g/mol. The second kappa shape index (κ2) is 5.55. The van der Waals surface area contributed by atoms with Gasteiger partial charge in [-0.15, -0.1) is 0 Å². The van der Waals surface area contributed by atoms with Gasteiger partial charge in [-0.1, -0.05) is 6.92 Å². The van der Waals surface area contributed by atoms with Gasteiger partial charge in [-0.25, -0.2) is 9.97 Å². The molecule has 0 aromatic carbocycles. The van der Waals surface area contributed by atoms with Crippen molar-refractivity contribution in [3.8, 4) is 0 Å². The fraction of sp³-hybridized carbons (Fsp3) is 0.714. The maximum atomic E-state index is 4.50. The Morgan fingerprint density at radius 2 is 2.17 bits per heavy atom. The Balaban J connectivity index is 2.25. The monoisotopic (exact) mass is 248 g/mol. The zero-order chi connectivity index (χ0) is 13.1. The van der Waals surface area contributed by atoms with Crippen molar-refractivity contribution in [2.24, 2.45) is 5.92 Å². The van der Waals surface area contributed by atoms with Crippen LogP contribution in [0.25, 0.3) is 0 Å². The van der Waals surface area contributed by atoms with E-state index in [0.717, 1.165) is 30.6 Å². The molecule has 2 atom stereocenters. The Morgan fingerprint density at radius 1 is 1.39 bits per heavy atom. The standard InChI is InChI=1S/C14H24N4/c1-5-15-13-12(4)14(17-9-16-13)18-7-6-10(2)8-11(18)3/h9-11H,5-8H2,1-4H3,(H,15,16,17). The van der Waals surface area contributed by atoms with E-state index in [1.165, 1.54) is 18.4 Å². The van der Waals surface area contributed by atoms with E-state index in [-0.39, 0.29) is 0 Å². The number of rotatable bonds is 3. The van der Waals surface area contributed by atoms with Crippen molar-refractivity contribution in [2.45, 2.75) is 46.6 Å². The molecule has 100 valence electrons. The molecule has 0 spiro atoms. The minimum Gasteiger partial charge on any atom is -0.370 e. The van der Waals surface area contributed by atoms with Gasteiger partial charge >= 0.3 is 0 Å². The van der Waals surface area contributed by atoms with Gasteiger partial charge in [-0.05, 0) is 39.5 Å². The van der Waals surface area contributed by atoms with Gasteiger partial charge in [0, 0.05) is 24.7 Å². The molecule has 0 bridgehead atoms. The normalized spacial score (nSPS) is 24.1.